The minimum atomic E-state index is -0.655. The Morgan fingerprint density at radius 3 is 2.66 bits per heavy atom. The van der Waals surface area contributed by atoms with Gasteiger partial charge in [-0.15, -0.1) is 5.06 Å². The van der Waals surface area contributed by atoms with Crippen LogP contribution in [0.2, 0.25) is 0 Å². The molecule has 1 N–H and O–H groups in total. The Hall–Kier alpha value is -2.88. The monoisotopic (exact) mass is 537 g/mol. The summed E-state index contributed by atoms with van der Waals surface area (Å²) in [4.78, 5) is 36.2. The summed E-state index contributed by atoms with van der Waals surface area (Å²) in [5, 5.41) is 5.15. The fraction of sp³-hybridized carbons (Fsp3) is 0.483. The number of oxazole rings is 1. The SMILES string of the molecule is CCCC[C@H](NC(=O)OCC1(CSc2nc3ccccc3o2)CCC1)C(=O)C1ON1[C@H](C)c1ccccc1. The van der Waals surface area contributed by atoms with Gasteiger partial charge in [-0.1, -0.05) is 80.4 Å². The van der Waals surface area contributed by atoms with Crippen LogP contribution in [0.5, 0.6) is 0 Å². The molecule has 9 heteroatoms. The molecule has 4 atom stereocenters. The number of rotatable bonds is 13. The van der Waals surface area contributed by atoms with Gasteiger partial charge >= 0.3 is 6.09 Å². The summed E-state index contributed by atoms with van der Waals surface area (Å²) < 4.78 is 11.5. The summed E-state index contributed by atoms with van der Waals surface area (Å²) in [6, 6.07) is 16.9. The Morgan fingerprint density at radius 2 is 1.95 bits per heavy atom. The van der Waals surface area contributed by atoms with E-state index in [9.17, 15) is 9.59 Å². The first kappa shape index (κ1) is 26.7. The number of nitrogens with zero attached hydrogens (tertiary/aromatic N) is 2. The van der Waals surface area contributed by atoms with Gasteiger partial charge in [-0.25, -0.2) is 9.78 Å². The smallest absolute Gasteiger partial charge is 0.407 e. The van der Waals surface area contributed by atoms with Crippen molar-refractivity contribution in [3.05, 3.63) is 60.2 Å². The van der Waals surface area contributed by atoms with E-state index in [1.165, 1.54) is 0 Å². The van der Waals surface area contributed by atoms with Gasteiger partial charge < -0.3 is 14.5 Å². The molecule has 0 bridgehead atoms. The Bertz CT molecular complexity index is 1210. The molecule has 1 saturated heterocycles. The van der Waals surface area contributed by atoms with E-state index in [-0.39, 0.29) is 17.2 Å². The third kappa shape index (κ3) is 6.22. The van der Waals surface area contributed by atoms with E-state index in [1.54, 1.807) is 16.8 Å². The fourth-order valence-corrected chi connectivity index (χ4v) is 5.95. The molecule has 1 aromatic heterocycles. The number of ether oxygens (including phenoxy) is 1. The van der Waals surface area contributed by atoms with Crippen LogP contribution in [0.25, 0.3) is 11.1 Å². The number of nitrogens with one attached hydrogen (secondary N) is 1. The summed E-state index contributed by atoms with van der Waals surface area (Å²) in [7, 11) is 0. The van der Waals surface area contributed by atoms with Crippen molar-refractivity contribution in [2.75, 3.05) is 12.4 Å². The number of hydrogen-bond donors (Lipinski definition) is 1. The molecule has 8 nitrogen and oxygen atoms in total. The fourth-order valence-electron chi connectivity index (χ4n) is 4.84. The van der Waals surface area contributed by atoms with Gasteiger partial charge in [0.25, 0.3) is 5.22 Å². The zero-order chi connectivity index (χ0) is 26.5. The van der Waals surface area contributed by atoms with E-state index in [0.717, 1.165) is 54.5 Å². The van der Waals surface area contributed by atoms with Crippen molar-refractivity contribution < 1.29 is 23.6 Å². The first-order valence-electron chi connectivity index (χ1n) is 13.4. The van der Waals surface area contributed by atoms with Gasteiger partial charge in [0.05, 0.1) is 18.7 Å². The zero-order valence-electron chi connectivity index (χ0n) is 21.9. The van der Waals surface area contributed by atoms with Crippen LogP contribution >= 0.6 is 11.8 Å². The number of unbranched alkanes of at least 4 members (excludes halogenated alkanes) is 1. The molecule has 3 aromatic rings. The quantitative estimate of drug-likeness (QED) is 0.201. The third-order valence-electron chi connectivity index (χ3n) is 7.50. The number of para-hydroxylation sites is 2. The lowest BCUT2D eigenvalue weighted by molar-refractivity contribution is -0.122. The summed E-state index contributed by atoms with van der Waals surface area (Å²) in [6.07, 6.45) is 4.15. The van der Waals surface area contributed by atoms with Gasteiger partial charge in [-0.2, -0.15) is 0 Å². The molecule has 38 heavy (non-hydrogen) atoms. The molecule has 202 valence electrons. The van der Waals surface area contributed by atoms with E-state index in [4.69, 9.17) is 14.0 Å². The lowest BCUT2D eigenvalue weighted by atomic mass is 9.71. The number of Topliss-reactive ketones (excluding diaryl/α,β-unsaturated/α-hetero) is 1. The van der Waals surface area contributed by atoms with Crippen LogP contribution in [0.1, 0.15) is 64.0 Å². The van der Waals surface area contributed by atoms with Gasteiger partial charge in [0.2, 0.25) is 12.0 Å². The minimum absolute atomic E-state index is 0.0545. The topological polar surface area (TPSA) is 97.0 Å². The number of alkyl carbamates (subject to hydrolysis) is 1. The lowest BCUT2D eigenvalue weighted by Crippen LogP contribution is -2.45. The average Bonchev–Trinajstić information content (AvgIpc) is 3.61. The van der Waals surface area contributed by atoms with Crippen LogP contribution in [-0.2, 0) is 14.4 Å². The molecule has 2 fully saturated rings. The highest BCUT2D eigenvalue weighted by atomic mass is 32.2. The predicted octanol–water partition coefficient (Wildman–Crippen LogP) is 6.28. The lowest BCUT2D eigenvalue weighted by Gasteiger charge is -2.40. The van der Waals surface area contributed by atoms with Crippen LogP contribution in [-0.4, -0.2) is 46.6 Å². The minimum Gasteiger partial charge on any atom is -0.449 e. The van der Waals surface area contributed by atoms with Crippen molar-refractivity contribution in [2.24, 2.45) is 5.41 Å². The molecule has 0 radical (unpaired) electrons. The number of hydroxylamine groups is 2. The Labute approximate surface area is 227 Å². The van der Waals surface area contributed by atoms with Crippen LogP contribution in [0.15, 0.2) is 64.2 Å². The molecule has 2 aromatic carbocycles. The zero-order valence-corrected chi connectivity index (χ0v) is 22.7. The second-order valence-corrected chi connectivity index (χ2v) is 11.2. The maximum atomic E-state index is 13.2. The molecule has 1 aliphatic carbocycles. The average molecular weight is 538 g/mol. The molecule has 1 amide bonds. The van der Waals surface area contributed by atoms with Gasteiger partial charge in [-0.3, -0.25) is 9.63 Å². The number of ketones is 1. The second kappa shape index (κ2) is 11.9. The number of carbonyl (C=O) groups is 2. The molecule has 5 rings (SSSR count). The first-order valence-corrected chi connectivity index (χ1v) is 14.4. The highest BCUT2D eigenvalue weighted by Crippen LogP contribution is 2.45. The Balaban J connectivity index is 1.13. The summed E-state index contributed by atoms with van der Waals surface area (Å²) in [5.74, 6) is 0.621. The van der Waals surface area contributed by atoms with Crippen molar-refractivity contribution in [3.8, 4) is 0 Å². The molecule has 2 aliphatic rings. The summed E-state index contributed by atoms with van der Waals surface area (Å²) in [6.45, 7) is 4.37. The maximum Gasteiger partial charge on any atom is 0.407 e. The molecule has 1 aliphatic heterocycles. The Morgan fingerprint density at radius 1 is 1.18 bits per heavy atom. The van der Waals surface area contributed by atoms with E-state index in [2.05, 4.69) is 17.2 Å². The maximum absolute atomic E-state index is 13.2. The standard InChI is InChI=1S/C29H35N3O5S/c1-3-4-13-23(25(33)26-32(37-26)20(2)21-11-6-5-7-12-21)30-27(34)35-18-29(16-10-17-29)19-38-28-31-22-14-8-9-15-24(22)36-28/h5-9,11-12,14-15,20,23,26H,3-4,10,13,16-19H2,1-2H3,(H,30,34)/t20-,23+,26?,32?/m1/s1. The van der Waals surface area contributed by atoms with Crippen molar-refractivity contribution in [1.29, 1.82) is 0 Å². The highest BCUT2D eigenvalue weighted by Gasteiger charge is 2.49. The first-order chi connectivity index (χ1) is 18.5. The van der Waals surface area contributed by atoms with Crippen LogP contribution in [0.4, 0.5) is 4.79 Å². The second-order valence-electron chi connectivity index (χ2n) is 10.3. The van der Waals surface area contributed by atoms with Crippen molar-refractivity contribution in [1.82, 2.24) is 15.4 Å². The third-order valence-corrected chi connectivity index (χ3v) is 8.67. The largest absolute Gasteiger partial charge is 0.449 e. The van der Waals surface area contributed by atoms with Gasteiger partial charge in [0.15, 0.2) is 5.58 Å². The number of carbonyl (C=O) groups excluding carboxylic acids is 2. The van der Waals surface area contributed by atoms with Gasteiger partial charge in [0.1, 0.15) is 5.52 Å². The number of hydrogen-bond acceptors (Lipinski definition) is 8. The molecule has 2 heterocycles. The molecule has 0 spiro atoms. The summed E-state index contributed by atoms with van der Waals surface area (Å²) in [5.41, 5.74) is 2.58. The van der Waals surface area contributed by atoms with E-state index >= 15 is 0 Å². The number of benzene rings is 2. The number of thioether (sulfide) groups is 1. The number of fused-ring (bicyclic) bond motifs is 1. The van der Waals surface area contributed by atoms with E-state index in [1.807, 2.05) is 61.5 Å². The molecular formula is C29H35N3O5S. The van der Waals surface area contributed by atoms with Crippen molar-refractivity contribution in [2.45, 2.75) is 75.9 Å². The molecule has 2 unspecified atom stereocenters. The molecule has 1 saturated carbocycles. The molecular weight excluding hydrogens is 502 g/mol. The Kier molecular flexibility index (Phi) is 8.35. The summed E-state index contributed by atoms with van der Waals surface area (Å²) >= 11 is 1.56. The van der Waals surface area contributed by atoms with Gasteiger partial charge in [0, 0.05) is 11.2 Å². The number of amides is 1. The van der Waals surface area contributed by atoms with Crippen molar-refractivity contribution >= 4 is 34.7 Å². The normalized spacial score (nSPS) is 21.3. The highest BCUT2D eigenvalue weighted by molar-refractivity contribution is 7.99. The van der Waals surface area contributed by atoms with E-state index < -0.39 is 18.4 Å². The van der Waals surface area contributed by atoms with Gasteiger partial charge in [-0.05, 0) is 43.9 Å². The number of aromatic nitrogens is 1. The van der Waals surface area contributed by atoms with Crippen molar-refractivity contribution in [3.63, 3.8) is 0 Å². The van der Waals surface area contributed by atoms with Crippen LogP contribution in [0.3, 0.4) is 0 Å². The van der Waals surface area contributed by atoms with Crippen LogP contribution in [0, 0.1) is 5.41 Å². The van der Waals surface area contributed by atoms with Crippen LogP contribution < -0.4 is 5.32 Å². The van der Waals surface area contributed by atoms with E-state index in [0.29, 0.717) is 18.3 Å². The predicted molar refractivity (Wildman–Crippen MR) is 145 cm³/mol.